The van der Waals surface area contributed by atoms with Crippen molar-refractivity contribution in [3.05, 3.63) is 58.1 Å². The number of carbonyl (C=O) groups excluding carboxylic acids is 2. The zero-order valence-electron chi connectivity index (χ0n) is 23.8. The summed E-state index contributed by atoms with van der Waals surface area (Å²) in [6.07, 6.45) is 4.64. The molecular weight excluding hydrogens is 480 g/mol. The quantitative estimate of drug-likeness (QED) is 0.570. The van der Waals surface area contributed by atoms with Gasteiger partial charge in [0.05, 0.1) is 31.9 Å². The van der Waals surface area contributed by atoms with Gasteiger partial charge in [-0.2, -0.15) is 0 Å². The Hall–Kier alpha value is -3.42. The van der Waals surface area contributed by atoms with Crippen molar-refractivity contribution in [2.45, 2.75) is 65.0 Å². The number of methoxy groups -OCH3 is 2. The third-order valence-electron chi connectivity index (χ3n) is 9.02. The number of hydrogen-bond donors (Lipinski definition) is 0. The Labute approximate surface area is 225 Å². The van der Waals surface area contributed by atoms with Gasteiger partial charge in [-0.25, -0.2) is 4.79 Å². The molecule has 4 heterocycles. The van der Waals surface area contributed by atoms with Crippen LogP contribution in [-0.2, 0) is 13.6 Å². The molecule has 2 saturated heterocycles. The topological polar surface area (TPSA) is 67.2 Å². The van der Waals surface area contributed by atoms with Gasteiger partial charge in [-0.15, -0.1) is 0 Å². The highest BCUT2D eigenvalue weighted by atomic mass is 16.5. The van der Waals surface area contributed by atoms with Crippen molar-refractivity contribution < 1.29 is 19.1 Å². The van der Waals surface area contributed by atoms with Gasteiger partial charge in [0.2, 0.25) is 0 Å². The van der Waals surface area contributed by atoms with Gasteiger partial charge in [0, 0.05) is 61.3 Å². The van der Waals surface area contributed by atoms with Crippen molar-refractivity contribution in [1.82, 2.24) is 19.3 Å². The van der Waals surface area contributed by atoms with Crippen LogP contribution >= 0.6 is 0 Å². The van der Waals surface area contributed by atoms with E-state index in [0.29, 0.717) is 26.2 Å². The van der Waals surface area contributed by atoms with Crippen LogP contribution in [0.25, 0.3) is 0 Å². The minimum absolute atomic E-state index is 0.0369. The van der Waals surface area contributed by atoms with Crippen molar-refractivity contribution in [1.29, 1.82) is 0 Å². The fourth-order valence-electron chi connectivity index (χ4n) is 6.83. The molecule has 2 fully saturated rings. The highest BCUT2D eigenvalue weighted by Crippen LogP contribution is 2.49. The molecule has 38 heavy (non-hydrogen) atoms. The van der Waals surface area contributed by atoms with Gasteiger partial charge in [-0.1, -0.05) is 13.0 Å². The molecule has 2 atom stereocenters. The molecule has 0 aliphatic carbocycles. The summed E-state index contributed by atoms with van der Waals surface area (Å²) in [5.74, 6) is 1.65. The lowest BCUT2D eigenvalue weighted by Gasteiger charge is -2.37. The van der Waals surface area contributed by atoms with Crippen molar-refractivity contribution in [2.75, 3.05) is 33.9 Å². The van der Waals surface area contributed by atoms with E-state index in [4.69, 9.17) is 9.47 Å². The average Bonchev–Trinajstić information content (AvgIpc) is 3.12. The number of benzene rings is 1. The molecule has 3 aliphatic rings. The van der Waals surface area contributed by atoms with Gasteiger partial charge < -0.3 is 23.8 Å². The number of nitrogens with zero attached hydrogens (tertiary/aromatic N) is 4. The summed E-state index contributed by atoms with van der Waals surface area (Å²) in [4.78, 5) is 33.5. The van der Waals surface area contributed by atoms with Gasteiger partial charge >= 0.3 is 6.03 Å². The molecule has 3 amide bonds. The Balaban J connectivity index is 1.51. The van der Waals surface area contributed by atoms with Crippen LogP contribution in [0.5, 0.6) is 11.5 Å². The molecular formula is C30H40N4O4. The van der Waals surface area contributed by atoms with Crippen molar-refractivity contribution in [3.8, 4) is 11.5 Å². The minimum Gasteiger partial charge on any atom is -0.497 e. The van der Waals surface area contributed by atoms with E-state index in [1.165, 1.54) is 0 Å². The summed E-state index contributed by atoms with van der Waals surface area (Å²) in [5.41, 5.74) is 5.62. The largest absolute Gasteiger partial charge is 0.497 e. The predicted octanol–water partition coefficient (Wildman–Crippen LogP) is 4.98. The lowest BCUT2D eigenvalue weighted by molar-refractivity contribution is 0.0754. The molecule has 3 aliphatic heterocycles. The molecule has 1 aromatic heterocycles. The first-order valence-corrected chi connectivity index (χ1v) is 13.6. The number of aryl methyl sites for hydroxylation is 1. The zero-order valence-corrected chi connectivity index (χ0v) is 23.8. The van der Waals surface area contributed by atoms with Crippen molar-refractivity contribution in [2.24, 2.45) is 7.05 Å². The second kappa shape index (κ2) is 9.71. The normalized spacial score (nSPS) is 23.1. The molecule has 0 N–H and O–H groups in total. The molecule has 5 rings (SSSR count). The lowest BCUT2D eigenvalue weighted by Crippen LogP contribution is -2.47. The summed E-state index contributed by atoms with van der Waals surface area (Å²) >= 11 is 0. The third kappa shape index (κ3) is 3.87. The number of likely N-dealkylation sites (tertiary alicyclic amines) is 1. The van der Waals surface area contributed by atoms with Crippen LogP contribution < -0.4 is 9.47 Å². The van der Waals surface area contributed by atoms with Gasteiger partial charge in [0.15, 0.2) is 0 Å². The van der Waals surface area contributed by atoms with Gasteiger partial charge in [0.25, 0.3) is 5.91 Å². The number of fused-ring (bicyclic) bond motifs is 3. The third-order valence-corrected chi connectivity index (χ3v) is 9.02. The first-order chi connectivity index (χ1) is 18.2. The first kappa shape index (κ1) is 26.2. The molecule has 1 aromatic carbocycles. The molecule has 204 valence electrons. The van der Waals surface area contributed by atoms with E-state index in [9.17, 15) is 9.59 Å². The first-order valence-electron chi connectivity index (χ1n) is 13.6. The van der Waals surface area contributed by atoms with Gasteiger partial charge in [0.1, 0.15) is 11.5 Å². The van der Waals surface area contributed by atoms with E-state index in [0.717, 1.165) is 64.5 Å². The maximum Gasteiger partial charge on any atom is 0.325 e. The number of allylic oxidation sites excluding steroid dienone is 1. The van der Waals surface area contributed by atoms with Crippen molar-refractivity contribution >= 4 is 11.9 Å². The van der Waals surface area contributed by atoms with E-state index in [2.05, 4.69) is 24.5 Å². The maximum atomic E-state index is 13.9. The number of urea groups is 1. The summed E-state index contributed by atoms with van der Waals surface area (Å²) in [6, 6.07) is 5.97. The maximum absolute atomic E-state index is 13.9. The predicted molar refractivity (Wildman–Crippen MR) is 147 cm³/mol. The fourth-order valence-corrected chi connectivity index (χ4v) is 6.83. The molecule has 0 saturated carbocycles. The number of carbonyl (C=O) groups is 2. The van der Waals surface area contributed by atoms with Gasteiger partial charge in [-0.3, -0.25) is 9.69 Å². The van der Waals surface area contributed by atoms with Crippen LogP contribution in [0.2, 0.25) is 0 Å². The Morgan fingerprint density at radius 1 is 1.11 bits per heavy atom. The Bertz CT molecular complexity index is 1310. The monoisotopic (exact) mass is 520 g/mol. The zero-order chi connectivity index (χ0) is 27.4. The van der Waals surface area contributed by atoms with Gasteiger partial charge in [-0.05, 0) is 57.7 Å². The molecule has 0 bridgehead atoms. The lowest BCUT2D eigenvalue weighted by atomic mass is 9.84. The number of ether oxygens (including phenoxy) is 2. The van der Waals surface area contributed by atoms with E-state index in [1.807, 2.05) is 53.8 Å². The van der Waals surface area contributed by atoms with Crippen LogP contribution in [0.4, 0.5) is 4.79 Å². The van der Waals surface area contributed by atoms with E-state index in [1.54, 1.807) is 14.2 Å². The number of hydrogen-bond acceptors (Lipinski definition) is 4. The van der Waals surface area contributed by atoms with E-state index in [-0.39, 0.29) is 17.9 Å². The summed E-state index contributed by atoms with van der Waals surface area (Å²) in [5, 5.41) is 0. The van der Waals surface area contributed by atoms with Crippen LogP contribution in [0, 0.1) is 13.8 Å². The van der Waals surface area contributed by atoms with Crippen LogP contribution in [-0.4, -0.2) is 70.6 Å². The van der Waals surface area contributed by atoms with E-state index >= 15 is 0 Å². The smallest absolute Gasteiger partial charge is 0.325 e. The second-order valence-corrected chi connectivity index (χ2v) is 10.9. The standard InChI is InChI=1S/C30H40N4O4/c1-8-34-29(36)33-18-22-16-23(37-6)17-25(38-7)27(22)19(2)14-26(33)30(34)10-9-12-32(13-11-30)28(35)24-15-20(3)31(5)21(24)4/h14-17,19H,8-13,18H2,1-7H3. The number of likely N-dealkylation sites (N-methyl/N-ethyl adjacent to an activating group) is 1. The Morgan fingerprint density at radius 3 is 2.50 bits per heavy atom. The summed E-state index contributed by atoms with van der Waals surface area (Å²) in [6.45, 7) is 10.7. The number of aromatic nitrogens is 1. The van der Waals surface area contributed by atoms with Crippen LogP contribution in [0.1, 0.15) is 71.9 Å². The van der Waals surface area contributed by atoms with Crippen LogP contribution in [0.15, 0.2) is 30.0 Å². The molecule has 2 unspecified atom stereocenters. The highest BCUT2D eigenvalue weighted by molar-refractivity contribution is 5.95. The van der Waals surface area contributed by atoms with Crippen LogP contribution in [0.3, 0.4) is 0 Å². The average molecular weight is 521 g/mol. The summed E-state index contributed by atoms with van der Waals surface area (Å²) < 4.78 is 13.4. The van der Waals surface area contributed by atoms with E-state index < -0.39 is 5.54 Å². The molecule has 8 heteroatoms. The molecule has 8 nitrogen and oxygen atoms in total. The SMILES string of the molecule is CCN1C(=O)N2Cc3cc(OC)cc(OC)c3C(C)C=C2C12CCCN(C(=O)c1cc(C)n(C)c1C)CC2. The highest BCUT2D eigenvalue weighted by Gasteiger charge is 2.54. The molecule has 1 spiro atoms. The molecule has 0 radical (unpaired) electrons. The number of rotatable bonds is 4. The minimum atomic E-state index is -0.434. The second-order valence-electron chi connectivity index (χ2n) is 10.9. The Kier molecular flexibility index (Phi) is 6.70. The molecule has 2 aromatic rings. The fraction of sp³-hybridized carbons (Fsp3) is 0.533. The van der Waals surface area contributed by atoms with Crippen molar-refractivity contribution in [3.63, 3.8) is 0 Å². The summed E-state index contributed by atoms with van der Waals surface area (Å²) in [7, 11) is 5.33. The number of amides is 3. The Morgan fingerprint density at radius 2 is 1.87 bits per heavy atom.